The Morgan fingerprint density at radius 2 is 2.11 bits per heavy atom. The minimum Gasteiger partial charge on any atom is -0.493 e. The summed E-state index contributed by atoms with van der Waals surface area (Å²) in [6, 6.07) is 8.44. The molecule has 0 unspecified atom stereocenters. The van der Waals surface area contributed by atoms with Gasteiger partial charge in [0.15, 0.2) is 0 Å². The summed E-state index contributed by atoms with van der Waals surface area (Å²) < 4.78 is 5.69. The minimum atomic E-state index is 0.760. The molecule has 0 aromatic heterocycles. The molecule has 18 heavy (non-hydrogen) atoms. The predicted molar refractivity (Wildman–Crippen MR) is 75.9 cm³/mol. The van der Waals surface area contributed by atoms with E-state index in [1.807, 2.05) is 24.3 Å². The lowest BCUT2D eigenvalue weighted by Crippen LogP contribution is -2.30. The van der Waals surface area contributed by atoms with Crippen molar-refractivity contribution in [2.24, 2.45) is 0 Å². The van der Waals surface area contributed by atoms with Crippen LogP contribution in [-0.2, 0) is 0 Å². The molecule has 1 aromatic carbocycles. The van der Waals surface area contributed by atoms with Crippen molar-refractivity contribution in [2.75, 3.05) is 25.9 Å². The molecule has 1 aliphatic carbocycles. The van der Waals surface area contributed by atoms with E-state index in [4.69, 9.17) is 10.5 Å². The number of nitrogen functional groups attached to an aromatic ring is 1. The summed E-state index contributed by atoms with van der Waals surface area (Å²) in [5.41, 5.74) is 6.47. The number of ether oxygens (including phenoxy) is 1. The van der Waals surface area contributed by atoms with Crippen molar-refractivity contribution >= 4 is 5.69 Å². The zero-order chi connectivity index (χ0) is 12.8. The first-order valence-corrected chi connectivity index (χ1v) is 6.94. The van der Waals surface area contributed by atoms with Crippen molar-refractivity contribution < 1.29 is 4.74 Å². The summed E-state index contributed by atoms with van der Waals surface area (Å²) >= 11 is 0. The van der Waals surface area contributed by atoms with Crippen molar-refractivity contribution in [3.63, 3.8) is 0 Å². The SMILES string of the molecule is CN(CCCOc1cccc(N)c1)C1CCCC1. The van der Waals surface area contributed by atoms with E-state index in [0.29, 0.717) is 0 Å². The molecule has 100 valence electrons. The number of nitrogens with two attached hydrogens (primary N) is 1. The van der Waals surface area contributed by atoms with Crippen molar-refractivity contribution in [3.05, 3.63) is 24.3 Å². The standard InChI is InChI=1S/C15H24N2O/c1-17(14-7-2-3-8-14)10-5-11-18-15-9-4-6-13(16)12-15/h4,6,9,12,14H,2-3,5,7-8,10-11,16H2,1H3. The first-order chi connectivity index (χ1) is 8.75. The monoisotopic (exact) mass is 248 g/mol. The number of anilines is 1. The fourth-order valence-corrected chi connectivity index (χ4v) is 2.64. The molecule has 0 bridgehead atoms. The molecule has 0 amide bonds. The number of hydrogen-bond acceptors (Lipinski definition) is 3. The third-order valence-corrected chi connectivity index (χ3v) is 3.73. The molecule has 1 aromatic rings. The molecule has 0 saturated heterocycles. The fourth-order valence-electron chi connectivity index (χ4n) is 2.64. The Morgan fingerprint density at radius 3 is 2.83 bits per heavy atom. The first-order valence-electron chi connectivity index (χ1n) is 6.94. The molecule has 2 rings (SSSR count). The first kappa shape index (κ1) is 13.2. The van der Waals surface area contributed by atoms with Crippen molar-refractivity contribution in [1.82, 2.24) is 4.90 Å². The largest absolute Gasteiger partial charge is 0.493 e. The maximum atomic E-state index is 5.71. The Balaban J connectivity index is 1.63. The average Bonchev–Trinajstić information content (AvgIpc) is 2.88. The Morgan fingerprint density at radius 1 is 1.33 bits per heavy atom. The van der Waals surface area contributed by atoms with Gasteiger partial charge in [0.2, 0.25) is 0 Å². The quantitative estimate of drug-likeness (QED) is 0.621. The maximum absolute atomic E-state index is 5.71. The Kier molecular flexibility index (Phi) is 4.88. The van der Waals surface area contributed by atoms with Crippen LogP contribution in [0.25, 0.3) is 0 Å². The van der Waals surface area contributed by atoms with E-state index in [9.17, 15) is 0 Å². The fraction of sp³-hybridized carbons (Fsp3) is 0.600. The third-order valence-electron chi connectivity index (χ3n) is 3.73. The van der Waals surface area contributed by atoms with Gasteiger partial charge in [-0.05, 0) is 38.4 Å². The van der Waals surface area contributed by atoms with Crippen LogP contribution in [0.15, 0.2) is 24.3 Å². The van der Waals surface area contributed by atoms with E-state index in [1.165, 1.54) is 25.7 Å². The molecule has 0 radical (unpaired) electrons. The lowest BCUT2D eigenvalue weighted by molar-refractivity contribution is 0.216. The lowest BCUT2D eigenvalue weighted by Gasteiger charge is -2.23. The number of rotatable bonds is 6. The summed E-state index contributed by atoms with van der Waals surface area (Å²) in [6.07, 6.45) is 6.60. The second-order valence-electron chi connectivity index (χ2n) is 5.19. The number of hydrogen-bond donors (Lipinski definition) is 1. The smallest absolute Gasteiger partial charge is 0.121 e. The van der Waals surface area contributed by atoms with E-state index < -0.39 is 0 Å². The molecule has 0 aliphatic heterocycles. The van der Waals surface area contributed by atoms with Crippen LogP contribution in [0, 0.1) is 0 Å². The van der Waals surface area contributed by atoms with Crippen LogP contribution in [0.3, 0.4) is 0 Å². The van der Waals surface area contributed by atoms with Crippen molar-refractivity contribution in [2.45, 2.75) is 38.1 Å². The molecule has 1 aliphatic rings. The van der Waals surface area contributed by atoms with E-state index in [1.54, 1.807) is 0 Å². The van der Waals surface area contributed by atoms with Crippen LogP contribution in [0.4, 0.5) is 5.69 Å². The highest BCUT2D eigenvalue weighted by molar-refractivity contribution is 5.43. The molecule has 0 atom stereocenters. The van der Waals surface area contributed by atoms with Crippen LogP contribution in [0.1, 0.15) is 32.1 Å². The van der Waals surface area contributed by atoms with Gasteiger partial charge in [-0.15, -0.1) is 0 Å². The summed E-state index contributed by atoms with van der Waals surface area (Å²) in [7, 11) is 2.23. The molecule has 0 heterocycles. The Bertz CT molecular complexity index is 361. The lowest BCUT2D eigenvalue weighted by atomic mass is 10.2. The van der Waals surface area contributed by atoms with Gasteiger partial charge >= 0.3 is 0 Å². The molecule has 1 fully saturated rings. The molecule has 3 heteroatoms. The van der Waals surface area contributed by atoms with Gasteiger partial charge in [-0.1, -0.05) is 18.9 Å². The van der Waals surface area contributed by atoms with E-state index >= 15 is 0 Å². The molecule has 2 N–H and O–H groups in total. The molecule has 1 saturated carbocycles. The van der Waals surface area contributed by atoms with E-state index in [-0.39, 0.29) is 0 Å². The summed E-state index contributed by atoms with van der Waals surface area (Å²) in [4.78, 5) is 2.48. The van der Waals surface area contributed by atoms with Gasteiger partial charge in [-0.25, -0.2) is 0 Å². The maximum Gasteiger partial charge on any atom is 0.121 e. The van der Waals surface area contributed by atoms with E-state index in [0.717, 1.165) is 37.1 Å². The van der Waals surface area contributed by atoms with Gasteiger partial charge in [0.25, 0.3) is 0 Å². The summed E-state index contributed by atoms with van der Waals surface area (Å²) in [5, 5.41) is 0. The normalized spacial score (nSPS) is 16.3. The van der Waals surface area contributed by atoms with Crippen LogP contribution < -0.4 is 10.5 Å². The predicted octanol–water partition coefficient (Wildman–Crippen LogP) is 2.91. The van der Waals surface area contributed by atoms with Gasteiger partial charge in [0.05, 0.1) is 6.61 Å². The Hall–Kier alpha value is -1.22. The molecular formula is C15H24N2O. The van der Waals surface area contributed by atoms with Crippen molar-refractivity contribution in [1.29, 1.82) is 0 Å². The van der Waals surface area contributed by atoms with Crippen molar-refractivity contribution in [3.8, 4) is 5.75 Å². The zero-order valence-corrected chi connectivity index (χ0v) is 11.3. The zero-order valence-electron chi connectivity index (χ0n) is 11.3. The van der Waals surface area contributed by atoms with Crippen LogP contribution in [0.5, 0.6) is 5.75 Å². The minimum absolute atomic E-state index is 0.760. The topological polar surface area (TPSA) is 38.5 Å². The van der Waals surface area contributed by atoms with Gasteiger partial charge in [-0.3, -0.25) is 0 Å². The second kappa shape index (κ2) is 6.64. The summed E-state index contributed by atoms with van der Waals surface area (Å²) in [5.74, 6) is 0.874. The Labute approximate surface area is 110 Å². The number of benzene rings is 1. The van der Waals surface area contributed by atoms with Crippen LogP contribution in [-0.4, -0.2) is 31.1 Å². The van der Waals surface area contributed by atoms with E-state index in [2.05, 4.69) is 11.9 Å². The number of nitrogens with zero attached hydrogens (tertiary/aromatic N) is 1. The molecule has 0 spiro atoms. The van der Waals surface area contributed by atoms with Crippen LogP contribution in [0.2, 0.25) is 0 Å². The third kappa shape index (κ3) is 3.91. The van der Waals surface area contributed by atoms with Gasteiger partial charge in [-0.2, -0.15) is 0 Å². The highest BCUT2D eigenvalue weighted by Gasteiger charge is 2.18. The highest BCUT2D eigenvalue weighted by Crippen LogP contribution is 2.22. The van der Waals surface area contributed by atoms with Gasteiger partial charge < -0.3 is 15.4 Å². The molecular weight excluding hydrogens is 224 g/mol. The van der Waals surface area contributed by atoms with Crippen LogP contribution >= 0.6 is 0 Å². The summed E-state index contributed by atoms with van der Waals surface area (Å²) in [6.45, 7) is 1.88. The van der Waals surface area contributed by atoms with Gasteiger partial charge in [0.1, 0.15) is 5.75 Å². The van der Waals surface area contributed by atoms with Gasteiger partial charge in [0, 0.05) is 24.3 Å². The highest BCUT2D eigenvalue weighted by atomic mass is 16.5. The molecule has 3 nitrogen and oxygen atoms in total. The average molecular weight is 248 g/mol. The second-order valence-corrected chi connectivity index (χ2v) is 5.19.